The second-order valence-electron chi connectivity index (χ2n) is 6.03. The van der Waals surface area contributed by atoms with Crippen LogP contribution in [0.1, 0.15) is 12.5 Å². The van der Waals surface area contributed by atoms with Crippen LogP contribution in [0.3, 0.4) is 0 Å². The molecule has 134 valence electrons. The summed E-state index contributed by atoms with van der Waals surface area (Å²) in [4.78, 5) is 12.5. The first-order valence-electron chi connectivity index (χ1n) is 7.94. The van der Waals surface area contributed by atoms with Crippen LogP contribution in [0.25, 0.3) is 5.69 Å². The van der Waals surface area contributed by atoms with E-state index in [1.54, 1.807) is 43.3 Å². The second kappa shape index (κ2) is 7.50. The van der Waals surface area contributed by atoms with E-state index >= 15 is 0 Å². The summed E-state index contributed by atoms with van der Waals surface area (Å²) in [6.07, 6.45) is 1.46. The summed E-state index contributed by atoms with van der Waals surface area (Å²) in [5, 5.41) is 18.3. The van der Waals surface area contributed by atoms with E-state index in [-0.39, 0.29) is 11.6 Å². The summed E-state index contributed by atoms with van der Waals surface area (Å²) >= 11 is 12.4. The molecule has 2 N–H and O–H groups in total. The maximum absolute atomic E-state index is 12.5. The molecule has 0 aliphatic rings. The van der Waals surface area contributed by atoms with Crippen LogP contribution >= 0.6 is 23.2 Å². The number of halogens is 2. The molecule has 1 atom stereocenters. The molecular weight excluding hydrogens is 373 g/mol. The molecule has 0 radical (unpaired) electrons. The highest BCUT2D eigenvalue weighted by Gasteiger charge is 2.26. The van der Waals surface area contributed by atoms with Crippen molar-refractivity contribution in [2.24, 2.45) is 0 Å². The zero-order valence-corrected chi connectivity index (χ0v) is 15.5. The lowest BCUT2D eigenvalue weighted by Crippen LogP contribution is -2.32. The third-order valence-corrected chi connectivity index (χ3v) is 4.69. The van der Waals surface area contributed by atoms with Crippen LogP contribution in [0.4, 0.5) is 5.69 Å². The highest BCUT2D eigenvalue weighted by molar-refractivity contribution is 6.33. The van der Waals surface area contributed by atoms with Gasteiger partial charge in [-0.15, -0.1) is 0 Å². The van der Waals surface area contributed by atoms with Gasteiger partial charge in [0, 0.05) is 17.1 Å². The molecule has 0 saturated carbocycles. The van der Waals surface area contributed by atoms with E-state index in [1.165, 1.54) is 10.9 Å². The first kappa shape index (κ1) is 18.5. The molecule has 7 heteroatoms. The zero-order chi connectivity index (χ0) is 18.7. The summed E-state index contributed by atoms with van der Waals surface area (Å²) in [7, 11) is 0. The van der Waals surface area contributed by atoms with E-state index in [0.717, 1.165) is 0 Å². The summed E-state index contributed by atoms with van der Waals surface area (Å²) in [5.74, 6) is 0. The van der Waals surface area contributed by atoms with E-state index in [0.29, 0.717) is 22.0 Å². The first-order valence-corrected chi connectivity index (χ1v) is 8.70. The number of anilines is 1. The van der Waals surface area contributed by atoms with Gasteiger partial charge in [0.05, 0.1) is 17.6 Å². The fourth-order valence-corrected chi connectivity index (χ4v) is 3.10. The van der Waals surface area contributed by atoms with Gasteiger partial charge in [-0.05, 0) is 25.1 Å². The van der Waals surface area contributed by atoms with Crippen molar-refractivity contribution < 1.29 is 5.11 Å². The summed E-state index contributed by atoms with van der Waals surface area (Å²) in [6.45, 7) is 1.74. The first-order chi connectivity index (χ1) is 12.4. The maximum atomic E-state index is 12.5. The number of hydrogen-bond acceptors (Lipinski definition) is 4. The molecule has 26 heavy (non-hydrogen) atoms. The molecular formula is C19H17Cl2N3O2. The van der Waals surface area contributed by atoms with Gasteiger partial charge in [-0.25, -0.2) is 0 Å². The van der Waals surface area contributed by atoms with Gasteiger partial charge in [0.25, 0.3) is 5.56 Å². The summed E-state index contributed by atoms with van der Waals surface area (Å²) in [6, 6.07) is 16.0. The number of nitrogens with zero attached hydrogens (tertiary/aromatic N) is 2. The molecule has 0 bridgehead atoms. The summed E-state index contributed by atoms with van der Waals surface area (Å²) in [5.41, 5.74) is -0.156. The van der Waals surface area contributed by atoms with Gasteiger partial charge in [0.15, 0.2) is 0 Å². The lowest BCUT2D eigenvalue weighted by molar-refractivity contribution is 0.0716. The minimum Gasteiger partial charge on any atom is -0.384 e. The van der Waals surface area contributed by atoms with Crippen molar-refractivity contribution in [2.75, 3.05) is 11.9 Å². The van der Waals surface area contributed by atoms with E-state index in [2.05, 4.69) is 10.4 Å². The average molecular weight is 390 g/mol. The Morgan fingerprint density at radius 1 is 1.12 bits per heavy atom. The van der Waals surface area contributed by atoms with Gasteiger partial charge in [-0.2, -0.15) is 9.78 Å². The summed E-state index contributed by atoms with van der Waals surface area (Å²) < 4.78 is 1.22. The van der Waals surface area contributed by atoms with Crippen LogP contribution in [-0.2, 0) is 5.60 Å². The Bertz CT molecular complexity index is 972. The molecule has 0 saturated heterocycles. The van der Waals surface area contributed by atoms with E-state index in [1.807, 2.05) is 18.2 Å². The Labute approximate surface area is 160 Å². The van der Waals surface area contributed by atoms with Crippen LogP contribution in [0.2, 0.25) is 10.0 Å². The van der Waals surface area contributed by atoms with Gasteiger partial charge in [0.1, 0.15) is 10.6 Å². The Kier molecular flexibility index (Phi) is 5.32. The zero-order valence-electron chi connectivity index (χ0n) is 14.0. The predicted octanol–water partition coefficient (Wildman–Crippen LogP) is 3.86. The molecule has 0 spiro atoms. The topological polar surface area (TPSA) is 67.2 Å². The van der Waals surface area contributed by atoms with Gasteiger partial charge in [-0.1, -0.05) is 59.6 Å². The molecule has 1 unspecified atom stereocenters. The van der Waals surface area contributed by atoms with Gasteiger partial charge >= 0.3 is 0 Å². The lowest BCUT2D eigenvalue weighted by Gasteiger charge is -2.26. The maximum Gasteiger partial charge on any atom is 0.292 e. The third kappa shape index (κ3) is 3.75. The molecule has 1 aromatic heterocycles. The smallest absolute Gasteiger partial charge is 0.292 e. The van der Waals surface area contributed by atoms with Crippen molar-refractivity contribution in [1.82, 2.24) is 9.78 Å². The Balaban J connectivity index is 1.84. The standard InChI is InChI=1S/C19H17Cl2N3O2/c1-19(26,14-9-5-6-10-15(14)20)12-22-16-11-23-24(18(25)17(16)21)13-7-3-2-4-8-13/h2-11,22,26H,12H2,1H3. The number of rotatable bonds is 5. The number of nitrogens with one attached hydrogen (secondary N) is 1. The van der Waals surface area contributed by atoms with Crippen molar-refractivity contribution in [3.63, 3.8) is 0 Å². The molecule has 0 amide bonds. The second-order valence-corrected chi connectivity index (χ2v) is 6.82. The minimum atomic E-state index is -1.25. The quantitative estimate of drug-likeness (QED) is 0.695. The van der Waals surface area contributed by atoms with Gasteiger partial charge in [0.2, 0.25) is 0 Å². The van der Waals surface area contributed by atoms with Gasteiger partial charge in [-0.3, -0.25) is 4.79 Å². The Morgan fingerprint density at radius 2 is 1.77 bits per heavy atom. The van der Waals surface area contributed by atoms with Crippen molar-refractivity contribution >= 4 is 28.9 Å². The normalized spacial score (nSPS) is 13.2. The highest BCUT2D eigenvalue weighted by Crippen LogP contribution is 2.28. The Hall–Kier alpha value is -2.34. The SMILES string of the molecule is CC(O)(CNc1cnn(-c2ccccc2)c(=O)c1Cl)c1ccccc1Cl. The van der Waals surface area contributed by atoms with Crippen LogP contribution in [0.5, 0.6) is 0 Å². The fourth-order valence-electron chi connectivity index (χ4n) is 2.57. The molecule has 5 nitrogen and oxygen atoms in total. The van der Waals surface area contributed by atoms with Crippen LogP contribution < -0.4 is 10.9 Å². The van der Waals surface area contributed by atoms with E-state index in [4.69, 9.17) is 23.2 Å². The van der Waals surface area contributed by atoms with Crippen LogP contribution in [0, 0.1) is 0 Å². The van der Waals surface area contributed by atoms with Crippen LogP contribution in [-0.4, -0.2) is 21.4 Å². The fraction of sp³-hybridized carbons (Fsp3) is 0.158. The van der Waals surface area contributed by atoms with Crippen molar-refractivity contribution in [2.45, 2.75) is 12.5 Å². The molecule has 1 heterocycles. The minimum absolute atomic E-state index is 0.00110. The number of aliphatic hydroxyl groups is 1. The van der Waals surface area contributed by atoms with Crippen LogP contribution in [0.15, 0.2) is 65.6 Å². The number of para-hydroxylation sites is 1. The predicted molar refractivity (Wildman–Crippen MR) is 104 cm³/mol. The van der Waals surface area contributed by atoms with E-state index in [9.17, 15) is 9.90 Å². The van der Waals surface area contributed by atoms with Crippen molar-refractivity contribution in [3.05, 3.63) is 86.8 Å². The van der Waals surface area contributed by atoms with Crippen molar-refractivity contribution in [3.8, 4) is 5.69 Å². The largest absolute Gasteiger partial charge is 0.384 e. The number of hydrogen-bond donors (Lipinski definition) is 2. The van der Waals surface area contributed by atoms with Gasteiger partial charge < -0.3 is 10.4 Å². The molecule has 2 aromatic carbocycles. The number of aromatic nitrogens is 2. The molecule has 3 aromatic rings. The Morgan fingerprint density at radius 3 is 2.46 bits per heavy atom. The van der Waals surface area contributed by atoms with Crippen molar-refractivity contribution in [1.29, 1.82) is 0 Å². The molecule has 0 aliphatic heterocycles. The monoisotopic (exact) mass is 389 g/mol. The number of benzene rings is 2. The third-order valence-electron chi connectivity index (χ3n) is 4.00. The lowest BCUT2D eigenvalue weighted by atomic mass is 9.96. The highest BCUT2D eigenvalue weighted by atomic mass is 35.5. The molecule has 0 fully saturated rings. The molecule has 3 rings (SSSR count). The van der Waals surface area contributed by atoms with E-state index < -0.39 is 11.2 Å². The average Bonchev–Trinajstić information content (AvgIpc) is 2.64. The molecule has 0 aliphatic carbocycles.